The van der Waals surface area contributed by atoms with Gasteiger partial charge in [-0.05, 0) is 19.1 Å². The maximum atomic E-state index is 12.1. The summed E-state index contributed by atoms with van der Waals surface area (Å²) in [7, 11) is 0. The van der Waals surface area contributed by atoms with Crippen molar-refractivity contribution in [3.05, 3.63) is 47.9 Å². The molecule has 0 aliphatic heterocycles. The predicted octanol–water partition coefficient (Wildman–Crippen LogP) is 1.70. The van der Waals surface area contributed by atoms with Crippen LogP contribution in [-0.2, 0) is 9.53 Å². The van der Waals surface area contributed by atoms with Crippen molar-refractivity contribution in [1.29, 1.82) is 5.26 Å². The molecule has 7 heteroatoms. The fourth-order valence-electron chi connectivity index (χ4n) is 1.74. The molecule has 2 rings (SSSR count). The van der Waals surface area contributed by atoms with Crippen molar-refractivity contribution < 1.29 is 18.8 Å². The summed E-state index contributed by atoms with van der Waals surface area (Å²) >= 11 is 0. The Morgan fingerprint density at radius 2 is 2.09 bits per heavy atom. The normalized spacial score (nSPS) is 9.82. The molecule has 0 saturated heterocycles. The molecule has 1 heterocycles. The van der Waals surface area contributed by atoms with E-state index >= 15 is 0 Å². The number of hydrogen-bond donors (Lipinski definition) is 0. The number of rotatable bonds is 5. The Kier molecular flexibility index (Phi) is 4.88. The van der Waals surface area contributed by atoms with Crippen LogP contribution in [0.1, 0.15) is 16.2 Å². The average molecular weight is 299 g/mol. The monoisotopic (exact) mass is 299 g/mol. The van der Waals surface area contributed by atoms with Crippen LogP contribution in [0.3, 0.4) is 0 Å². The number of carbonyl (C=O) groups excluding carboxylic acids is 2. The van der Waals surface area contributed by atoms with Crippen molar-refractivity contribution in [2.24, 2.45) is 0 Å². The second-order valence-electron chi connectivity index (χ2n) is 4.38. The Hall–Kier alpha value is -3.14. The van der Waals surface area contributed by atoms with Gasteiger partial charge in [-0.3, -0.25) is 9.69 Å². The zero-order valence-corrected chi connectivity index (χ0v) is 11.9. The van der Waals surface area contributed by atoms with E-state index in [1.807, 2.05) is 6.07 Å². The third-order valence-corrected chi connectivity index (χ3v) is 2.75. The van der Waals surface area contributed by atoms with E-state index in [0.717, 1.165) is 0 Å². The lowest BCUT2D eigenvalue weighted by molar-refractivity contribution is -0.121. The molecule has 2 aromatic rings. The fourth-order valence-corrected chi connectivity index (χ4v) is 1.74. The molecular formula is C15H13N3O4. The van der Waals surface area contributed by atoms with E-state index in [2.05, 4.69) is 5.16 Å². The molecule has 0 aliphatic carbocycles. The van der Waals surface area contributed by atoms with Gasteiger partial charge in [-0.25, -0.2) is 4.79 Å². The Morgan fingerprint density at radius 3 is 2.68 bits per heavy atom. The molecule has 0 saturated carbocycles. The van der Waals surface area contributed by atoms with Gasteiger partial charge in [-0.1, -0.05) is 23.4 Å². The van der Waals surface area contributed by atoms with Crippen LogP contribution in [0.2, 0.25) is 0 Å². The molecule has 0 bridgehead atoms. The van der Waals surface area contributed by atoms with Crippen LogP contribution in [0, 0.1) is 18.3 Å². The molecule has 0 radical (unpaired) electrons. The van der Waals surface area contributed by atoms with Crippen molar-refractivity contribution in [2.75, 3.05) is 18.1 Å². The lowest BCUT2D eigenvalue weighted by atomic mass is 10.3. The summed E-state index contributed by atoms with van der Waals surface area (Å²) < 4.78 is 9.63. The van der Waals surface area contributed by atoms with E-state index in [9.17, 15) is 9.59 Å². The fraction of sp³-hybridized carbons (Fsp3) is 0.200. The van der Waals surface area contributed by atoms with Crippen LogP contribution >= 0.6 is 0 Å². The van der Waals surface area contributed by atoms with E-state index in [4.69, 9.17) is 14.5 Å². The van der Waals surface area contributed by atoms with Gasteiger partial charge in [0.2, 0.25) is 5.76 Å². The highest BCUT2D eigenvalue weighted by molar-refractivity contribution is 5.96. The zero-order chi connectivity index (χ0) is 15.9. The van der Waals surface area contributed by atoms with Crippen LogP contribution in [-0.4, -0.2) is 30.2 Å². The van der Waals surface area contributed by atoms with Crippen LogP contribution in [0.25, 0.3) is 0 Å². The molecule has 0 aliphatic rings. The molecule has 1 aromatic carbocycles. The van der Waals surface area contributed by atoms with E-state index in [0.29, 0.717) is 11.4 Å². The highest BCUT2D eigenvalue weighted by Crippen LogP contribution is 2.13. The summed E-state index contributed by atoms with van der Waals surface area (Å²) in [6, 6.07) is 12.0. The summed E-state index contributed by atoms with van der Waals surface area (Å²) in [5.41, 5.74) is 1.09. The van der Waals surface area contributed by atoms with Gasteiger partial charge >= 0.3 is 5.97 Å². The van der Waals surface area contributed by atoms with Crippen molar-refractivity contribution in [1.82, 2.24) is 5.16 Å². The molecule has 7 nitrogen and oxygen atoms in total. The first kappa shape index (κ1) is 15.3. The highest BCUT2D eigenvalue weighted by atomic mass is 16.6. The predicted molar refractivity (Wildman–Crippen MR) is 75.9 cm³/mol. The summed E-state index contributed by atoms with van der Waals surface area (Å²) in [5.74, 6) is -1.35. The van der Waals surface area contributed by atoms with Gasteiger partial charge in [-0.2, -0.15) is 5.26 Å². The van der Waals surface area contributed by atoms with Gasteiger partial charge in [-0.15, -0.1) is 0 Å². The van der Waals surface area contributed by atoms with Crippen molar-refractivity contribution in [2.45, 2.75) is 6.92 Å². The molecule has 0 atom stereocenters. The summed E-state index contributed by atoms with van der Waals surface area (Å²) in [6.45, 7) is 1.03. The van der Waals surface area contributed by atoms with Crippen LogP contribution in [0.4, 0.5) is 5.69 Å². The molecule has 112 valence electrons. The van der Waals surface area contributed by atoms with Gasteiger partial charge < -0.3 is 9.26 Å². The molecule has 1 aromatic heterocycles. The van der Waals surface area contributed by atoms with Gasteiger partial charge in [0.1, 0.15) is 6.54 Å². The molecule has 0 fully saturated rings. The van der Waals surface area contributed by atoms with Gasteiger partial charge in [0.15, 0.2) is 6.61 Å². The number of esters is 1. The lowest BCUT2D eigenvalue weighted by Gasteiger charge is -2.19. The Labute approximate surface area is 126 Å². The topological polar surface area (TPSA) is 96.4 Å². The van der Waals surface area contributed by atoms with Crippen molar-refractivity contribution >= 4 is 17.6 Å². The Morgan fingerprint density at radius 1 is 1.36 bits per heavy atom. The molecular weight excluding hydrogens is 286 g/mol. The number of ether oxygens (including phenoxy) is 1. The molecule has 0 N–H and O–H groups in total. The minimum Gasteiger partial charge on any atom is -0.450 e. The van der Waals surface area contributed by atoms with Gasteiger partial charge in [0.25, 0.3) is 5.91 Å². The molecule has 22 heavy (non-hydrogen) atoms. The third kappa shape index (κ3) is 3.70. The number of aryl methyl sites for hydroxylation is 1. The van der Waals surface area contributed by atoms with Crippen molar-refractivity contribution in [3.8, 4) is 6.07 Å². The van der Waals surface area contributed by atoms with Gasteiger partial charge in [0.05, 0.1) is 11.8 Å². The molecule has 0 unspecified atom stereocenters. The number of nitrogens with zero attached hydrogens (tertiary/aromatic N) is 3. The first-order chi connectivity index (χ1) is 10.6. The second-order valence-corrected chi connectivity index (χ2v) is 4.38. The number of carbonyl (C=O) groups is 2. The zero-order valence-electron chi connectivity index (χ0n) is 11.9. The maximum Gasteiger partial charge on any atom is 0.377 e. The smallest absolute Gasteiger partial charge is 0.377 e. The molecule has 0 spiro atoms. The summed E-state index contributed by atoms with van der Waals surface area (Å²) in [5, 5.41) is 12.4. The maximum absolute atomic E-state index is 12.1. The number of hydrogen-bond acceptors (Lipinski definition) is 6. The minimum absolute atomic E-state index is 0.0724. The van der Waals surface area contributed by atoms with E-state index in [-0.39, 0.29) is 12.3 Å². The van der Waals surface area contributed by atoms with E-state index in [1.165, 1.54) is 11.0 Å². The van der Waals surface area contributed by atoms with Crippen molar-refractivity contribution in [3.63, 3.8) is 0 Å². The van der Waals surface area contributed by atoms with Crippen LogP contribution < -0.4 is 4.90 Å². The Balaban J connectivity index is 2.00. The number of amides is 1. The minimum atomic E-state index is -0.779. The van der Waals surface area contributed by atoms with Crippen LogP contribution in [0.5, 0.6) is 0 Å². The van der Waals surface area contributed by atoms with E-state index < -0.39 is 18.5 Å². The standard InChI is InChI=1S/C15H13N3O4/c1-11-9-13(22-17-11)15(20)21-10-14(19)18(8-7-16)12-5-3-2-4-6-12/h2-6,9H,8,10H2,1H3. The van der Waals surface area contributed by atoms with Gasteiger partial charge in [0, 0.05) is 11.8 Å². The third-order valence-electron chi connectivity index (χ3n) is 2.75. The number of para-hydroxylation sites is 1. The summed E-state index contributed by atoms with van der Waals surface area (Å²) in [4.78, 5) is 25.0. The second kappa shape index (κ2) is 7.04. The van der Waals surface area contributed by atoms with Crippen LogP contribution in [0.15, 0.2) is 40.9 Å². The average Bonchev–Trinajstić information content (AvgIpc) is 2.97. The highest BCUT2D eigenvalue weighted by Gasteiger charge is 2.19. The number of aromatic nitrogens is 1. The largest absolute Gasteiger partial charge is 0.450 e. The number of benzene rings is 1. The molecule has 1 amide bonds. The first-order valence-corrected chi connectivity index (χ1v) is 6.44. The quantitative estimate of drug-likeness (QED) is 0.615. The lowest BCUT2D eigenvalue weighted by Crippen LogP contribution is -2.35. The van der Waals surface area contributed by atoms with E-state index in [1.54, 1.807) is 37.3 Å². The number of nitriles is 1. The Bertz CT molecular complexity index is 703. The first-order valence-electron chi connectivity index (χ1n) is 6.44. The number of anilines is 1. The summed E-state index contributed by atoms with van der Waals surface area (Å²) in [6.07, 6.45) is 0. The SMILES string of the molecule is Cc1cc(C(=O)OCC(=O)N(CC#N)c2ccccc2)on1.